The molecule has 1 heterocycles. The maximum absolute atomic E-state index is 13.1. The van der Waals surface area contributed by atoms with Crippen LogP contribution in [0.2, 0.25) is 0 Å². The van der Waals surface area contributed by atoms with Crippen LogP contribution in [-0.4, -0.2) is 66.9 Å². The molecule has 6 nitrogen and oxygen atoms in total. The third-order valence-corrected chi connectivity index (χ3v) is 5.11. The van der Waals surface area contributed by atoms with Crippen molar-refractivity contribution in [3.8, 4) is 0 Å². The highest BCUT2D eigenvalue weighted by molar-refractivity contribution is 5.96. The first-order chi connectivity index (χ1) is 15.1. The molecule has 2 N–H and O–H groups in total. The monoisotopic (exact) mass is 451 g/mol. The minimum Gasteiger partial charge on any atom is -0.388 e. The van der Waals surface area contributed by atoms with Crippen molar-refractivity contribution in [2.75, 3.05) is 33.7 Å². The van der Waals surface area contributed by atoms with Crippen LogP contribution in [0.5, 0.6) is 0 Å². The van der Waals surface area contributed by atoms with E-state index >= 15 is 0 Å². The molecule has 0 bridgehead atoms. The Morgan fingerprint density at radius 2 is 1.75 bits per heavy atom. The Morgan fingerprint density at radius 1 is 1.22 bits per heavy atom. The molecule has 32 heavy (non-hydrogen) atoms. The molecular formula is C25H42FN3O3. The molecule has 1 aromatic rings. The second-order valence-corrected chi connectivity index (χ2v) is 8.11. The number of aldehydes is 1. The van der Waals surface area contributed by atoms with Crippen LogP contribution < -0.4 is 5.32 Å². The number of aliphatic hydroxyl groups excluding tert-OH is 1. The van der Waals surface area contributed by atoms with Gasteiger partial charge in [-0.3, -0.25) is 4.79 Å². The van der Waals surface area contributed by atoms with E-state index in [1.807, 2.05) is 27.7 Å². The van der Waals surface area contributed by atoms with Crippen LogP contribution >= 0.6 is 0 Å². The Bertz CT molecular complexity index is 716. The van der Waals surface area contributed by atoms with Crippen molar-refractivity contribution in [3.05, 3.63) is 46.9 Å². The SMILES string of the molecule is CC.CC(O)C1=C(NCC=O)C(C(C)C)CN(Cc2ccc(F)cc2)C1=O.CCN(C)C. The highest BCUT2D eigenvalue weighted by Gasteiger charge is 2.36. The van der Waals surface area contributed by atoms with Gasteiger partial charge in [0.05, 0.1) is 18.2 Å². The van der Waals surface area contributed by atoms with Crippen molar-refractivity contribution in [3.63, 3.8) is 0 Å². The van der Waals surface area contributed by atoms with Crippen LogP contribution in [0.3, 0.4) is 0 Å². The lowest BCUT2D eigenvalue weighted by Gasteiger charge is -2.39. The van der Waals surface area contributed by atoms with Crippen LogP contribution in [0.1, 0.15) is 47.1 Å². The van der Waals surface area contributed by atoms with Gasteiger partial charge >= 0.3 is 0 Å². The van der Waals surface area contributed by atoms with E-state index in [1.54, 1.807) is 24.0 Å². The van der Waals surface area contributed by atoms with Gasteiger partial charge in [-0.1, -0.05) is 46.8 Å². The number of hydrogen-bond acceptors (Lipinski definition) is 5. The second kappa shape index (κ2) is 15.5. The van der Waals surface area contributed by atoms with Crippen LogP contribution in [0.4, 0.5) is 4.39 Å². The topological polar surface area (TPSA) is 72.9 Å². The number of carbonyl (C=O) groups is 2. The molecule has 7 heteroatoms. The van der Waals surface area contributed by atoms with Gasteiger partial charge in [-0.05, 0) is 51.2 Å². The van der Waals surface area contributed by atoms with Gasteiger partial charge in [0, 0.05) is 24.7 Å². The van der Waals surface area contributed by atoms with Crippen molar-refractivity contribution in [1.29, 1.82) is 0 Å². The van der Waals surface area contributed by atoms with Gasteiger partial charge in [-0.15, -0.1) is 0 Å². The molecule has 2 unspecified atom stereocenters. The van der Waals surface area contributed by atoms with Crippen LogP contribution in [0.25, 0.3) is 0 Å². The lowest BCUT2D eigenvalue weighted by molar-refractivity contribution is -0.130. The molecule has 182 valence electrons. The Hall–Kier alpha value is -2.25. The third kappa shape index (κ3) is 9.49. The number of nitrogens with zero attached hydrogens (tertiary/aromatic N) is 2. The molecule has 1 aromatic carbocycles. The lowest BCUT2D eigenvalue weighted by atomic mass is 9.84. The predicted molar refractivity (Wildman–Crippen MR) is 128 cm³/mol. The minimum atomic E-state index is -0.945. The third-order valence-electron chi connectivity index (χ3n) is 5.11. The van der Waals surface area contributed by atoms with Crippen LogP contribution in [0, 0.1) is 17.7 Å². The Morgan fingerprint density at radius 3 is 2.16 bits per heavy atom. The summed E-state index contributed by atoms with van der Waals surface area (Å²) in [6.07, 6.45) is -0.210. The van der Waals surface area contributed by atoms with Gasteiger partial charge in [0.15, 0.2) is 0 Å². The second-order valence-electron chi connectivity index (χ2n) is 8.11. The van der Waals surface area contributed by atoms with Gasteiger partial charge in [0.1, 0.15) is 12.1 Å². The number of aliphatic hydroxyl groups is 1. The van der Waals surface area contributed by atoms with Gasteiger partial charge in [-0.25, -0.2) is 4.39 Å². The van der Waals surface area contributed by atoms with Gasteiger partial charge in [0.2, 0.25) is 0 Å². The number of rotatable bonds is 8. The number of carbonyl (C=O) groups excluding carboxylic acids is 2. The van der Waals surface area contributed by atoms with Crippen molar-refractivity contribution in [2.24, 2.45) is 11.8 Å². The number of amides is 1. The molecule has 0 aromatic heterocycles. The first-order valence-electron chi connectivity index (χ1n) is 11.4. The number of nitrogens with one attached hydrogen (secondary N) is 1. The van der Waals surface area contributed by atoms with E-state index in [0.29, 0.717) is 24.4 Å². The largest absolute Gasteiger partial charge is 0.388 e. The summed E-state index contributed by atoms with van der Waals surface area (Å²) in [5.41, 5.74) is 1.78. The van der Waals surface area contributed by atoms with Crippen LogP contribution in [0.15, 0.2) is 35.5 Å². The van der Waals surface area contributed by atoms with Gasteiger partial charge < -0.3 is 25.0 Å². The molecule has 1 aliphatic heterocycles. The van der Waals surface area contributed by atoms with Crippen molar-refractivity contribution >= 4 is 12.2 Å². The Kier molecular flexibility index (Phi) is 14.4. The molecule has 0 spiro atoms. The molecular weight excluding hydrogens is 409 g/mol. The zero-order chi connectivity index (χ0) is 24.8. The average Bonchev–Trinajstić information content (AvgIpc) is 2.76. The summed E-state index contributed by atoms with van der Waals surface area (Å²) in [4.78, 5) is 27.4. The molecule has 1 aliphatic rings. The first-order valence-corrected chi connectivity index (χ1v) is 11.4. The standard InChI is InChI=1S/C19H25FN2O3.C4H11N.C2H6/c1-12(2)16-11-22(10-14-4-6-15(20)7-5-14)19(25)17(13(3)24)18(16)21-8-9-23;1-4-5(2)3;1-2/h4-7,9,12-13,16,21,24H,8,10-11H2,1-3H3;4H2,1-3H3;1-2H3. The average molecular weight is 452 g/mol. The molecule has 0 saturated heterocycles. The number of hydrogen-bond donors (Lipinski definition) is 2. The summed E-state index contributed by atoms with van der Waals surface area (Å²) in [5, 5.41) is 13.2. The fourth-order valence-electron chi connectivity index (χ4n) is 3.17. The summed E-state index contributed by atoms with van der Waals surface area (Å²) >= 11 is 0. The molecule has 2 rings (SSSR count). The Balaban J connectivity index is 0.00000121. The number of halogens is 1. The summed E-state index contributed by atoms with van der Waals surface area (Å²) in [5.74, 6) is -0.377. The lowest BCUT2D eigenvalue weighted by Crippen LogP contribution is -2.48. The minimum absolute atomic E-state index is 0.0114. The molecule has 0 saturated carbocycles. The number of benzene rings is 1. The highest BCUT2D eigenvalue weighted by Crippen LogP contribution is 2.31. The smallest absolute Gasteiger partial charge is 0.254 e. The van der Waals surface area contributed by atoms with Gasteiger partial charge in [0.25, 0.3) is 5.91 Å². The van der Waals surface area contributed by atoms with E-state index in [4.69, 9.17) is 0 Å². The summed E-state index contributed by atoms with van der Waals surface area (Å²) in [7, 11) is 4.11. The fraction of sp³-hybridized carbons (Fsp3) is 0.600. The van der Waals surface area contributed by atoms with E-state index in [-0.39, 0.29) is 30.1 Å². The highest BCUT2D eigenvalue weighted by atomic mass is 19.1. The zero-order valence-corrected chi connectivity index (χ0v) is 21.0. The molecule has 0 fully saturated rings. The maximum atomic E-state index is 13.1. The molecule has 2 atom stereocenters. The van der Waals surface area contributed by atoms with E-state index < -0.39 is 6.10 Å². The fourth-order valence-corrected chi connectivity index (χ4v) is 3.17. The maximum Gasteiger partial charge on any atom is 0.254 e. The summed E-state index contributed by atoms with van der Waals surface area (Å²) < 4.78 is 13.1. The van der Waals surface area contributed by atoms with E-state index in [1.165, 1.54) is 12.1 Å². The van der Waals surface area contributed by atoms with Crippen molar-refractivity contribution in [1.82, 2.24) is 15.1 Å². The predicted octanol–water partition coefficient (Wildman–Crippen LogP) is 3.46. The quantitative estimate of drug-likeness (QED) is 0.592. The molecule has 1 amide bonds. The first kappa shape index (κ1) is 29.8. The normalized spacial score (nSPS) is 16.8. The van der Waals surface area contributed by atoms with Gasteiger partial charge in [-0.2, -0.15) is 0 Å². The van der Waals surface area contributed by atoms with E-state index in [2.05, 4.69) is 31.2 Å². The molecule has 0 aliphatic carbocycles. The zero-order valence-electron chi connectivity index (χ0n) is 21.0. The van der Waals surface area contributed by atoms with Crippen molar-refractivity contribution < 1.29 is 19.1 Å². The Labute approximate surface area is 193 Å². The van der Waals surface area contributed by atoms with E-state index in [0.717, 1.165) is 18.4 Å². The van der Waals surface area contributed by atoms with Crippen molar-refractivity contribution in [2.45, 2.75) is 54.2 Å². The molecule has 0 radical (unpaired) electrons. The van der Waals surface area contributed by atoms with E-state index in [9.17, 15) is 19.1 Å². The summed E-state index contributed by atoms with van der Waals surface area (Å²) in [6.45, 7) is 13.8. The summed E-state index contributed by atoms with van der Waals surface area (Å²) in [6, 6.07) is 6.04. The van der Waals surface area contributed by atoms with Crippen LogP contribution in [-0.2, 0) is 16.1 Å².